The third kappa shape index (κ3) is 3.54. The number of hydrogen-bond acceptors (Lipinski definition) is 5. The van der Waals surface area contributed by atoms with E-state index < -0.39 is 0 Å². The Morgan fingerprint density at radius 2 is 1.92 bits per heavy atom. The second-order valence-electron chi connectivity index (χ2n) is 5.34. The Morgan fingerprint density at radius 3 is 2.56 bits per heavy atom. The van der Waals surface area contributed by atoms with Crippen molar-refractivity contribution >= 4 is 11.8 Å². The van der Waals surface area contributed by atoms with Crippen LogP contribution in [0.3, 0.4) is 0 Å². The van der Waals surface area contributed by atoms with Crippen LogP contribution in [0.15, 0.2) is 40.6 Å². The van der Waals surface area contributed by atoms with Crippen LogP contribution in [0.4, 0.5) is 4.39 Å². The standard InChI is InChI=1S/C18H16FN5S/c1-3-13-14(9-20)17(24-23-15(13)4-2)25-18-21-10-16(22-18)11-5-7-12(19)8-6-11/h5-8,10H,3-4H2,1-2H3,(H,21,22). The number of benzene rings is 1. The summed E-state index contributed by atoms with van der Waals surface area (Å²) in [6.07, 6.45) is 3.15. The summed E-state index contributed by atoms with van der Waals surface area (Å²) in [5.41, 5.74) is 3.96. The molecule has 0 atom stereocenters. The summed E-state index contributed by atoms with van der Waals surface area (Å²) in [5, 5.41) is 19.1. The van der Waals surface area contributed by atoms with E-state index in [1.54, 1.807) is 18.3 Å². The third-order valence-electron chi connectivity index (χ3n) is 3.83. The molecule has 0 bridgehead atoms. The molecule has 126 valence electrons. The number of hydrogen-bond donors (Lipinski definition) is 1. The molecule has 1 aromatic carbocycles. The van der Waals surface area contributed by atoms with Crippen LogP contribution in [0.25, 0.3) is 11.3 Å². The van der Waals surface area contributed by atoms with Gasteiger partial charge in [0, 0.05) is 0 Å². The zero-order valence-electron chi connectivity index (χ0n) is 13.9. The number of aromatic amines is 1. The number of nitrogens with one attached hydrogen (secondary N) is 1. The van der Waals surface area contributed by atoms with Crippen LogP contribution in [0.1, 0.15) is 30.7 Å². The minimum atomic E-state index is -0.282. The first-order valence-corrected chi connectivity index (χ1v) is 8.75. The highest BCUT2D eigenvalue weighted by molar-refractivity contribution is 7.99. The lowest BCUT2D eigenvalue weighted by atomic mass is 10.1. The summed E-state index contributed by atoms with van der Waals surface area (Å²) in [5.74, 6) is -0.282. The number of H-pyrrole nitrogens is 1. The second kappa shape index (κ2) is 7.45. The zero-order chi connectivity index (χ0) is 17.8. The molecule has 0 aliphatic rings. The maximum Gasteiger partial charge on any atom is 0.172 e. The van der Waals surface area contributed by atoms with E-state index in [9.17, 15) is 9.65 Å². The first kappa shape index (κ1) is 17.1. The molecule has 2 heterocycles. The highest BCUT2D eigenvalue weighted by Gasteiger charge is 2.16. The lowest BCUT2D eigenvalue weighted by Crippen LogP contribution is -2.04. The minimum Gasteiger partial charge on any atom is -0.333 e. The Hall–Kier alpha value is -2.72. The zero-order valence-corrected chi connectivity index (χ0v) is 14.7. The van der Waals surface area contributed by atoms with Gasteiger partial charge in [-0.2, -0.15) is 10.4 Å². The molecule has 0 aliphatic heterocycles. The van der Waals surface area contributed by atoms with E-state index in [1.165, 1.54) is 23.9 Å². The van der Waals surface area contributed by atoms with Gasteiger partial charge in [0.15, 0.2) is 5.16 Å². The molecule has 0 radical (unpaired) electrons. The van der Waals surface area contributed by atoms with Crippen molar-refractivity contribution in [2.45, 2.75) is 36.9 Å². The monoisotopic (exact) mass is 353 g/mol. The molecule has 7 heteroatoms. The Labute approximate surface area is 149 Å². The number of halogens is 1. The molecule has 3 rings (SSSR count). The Kier molecular flexibility index (Phi) is 5.10. The molecule has 2 aromatic heterocycles. The summed E-state index contributed by atoms with van der Waals surface area (Å²) in [6, 6.07) is 8.42. The van der Waals surface area contributed by atoms with Crippen molar-refractivity contribution in [3.8, 4) is 17.3 Å². The first-order chi connectivity index (χ1) is 12.2. The van der Waals surface area contributed by atoms with Gasteiger partial charge in [0.05, 0.1) is 23.1 Å². The highest BCUT2D eigenvalue weighted by Crippen LogP contribution is 2.30. The van der Waals surface area contributed by atoms with Gasteiger partial charge in [-0.25, -0.2) is 9.37 Å². The third-order valence-corrected chi connectivity index (χ3v) is 4.71. The number of aromatic nitrogens is 4. The van der Waals surface area contributed by atoms with Crippen LogP contribution in [-0.4, -0.2) is 20.2 Å². The molecule has 0 unspecified atom stereocenters. The molecule has 0 amide bonds. The van der Waals surface area contributed by atoms with E-state index in [0.29, 0.717) is 15.7 Å². The van der Waals surface area contributed by atoms with E-state index in [0.717, 1.165) is 35.4 Å². The molecular weight excluding hydrogens is 337 g/mol. The van der Waals surface area contributed by atoms with Crippen molar-refractivity contribution < 1.29 is 4.39 Å². The van der Waals surface area contributed by atoms with Crippen molar-refractivity contribution in [2.75, 3.05) is 0 Å². The predicted molar refractivity (Wildman–Crippen MR) is 93.6 cm³/mol. The average Bonchev–Trinajstić information content (AvgIpc) is 3.10. The summed E-state index contributed by atoms with van der Waals surface area (Å²) < 4.78 is 13.0. The Morgan fingerprint density at radius 1 is 1.16 bits per heavy atom. The van der Waals surface area contributed by atoms with Crippen LogP contribution >= 0.6 is 11.8 Å². The van der Waals surface area contributed by atoms with Crippen molar-refractivity contribution in [3.05, 3.63) is 53.1 Å². The fraction of sp³-hybridized carbons (Fsp3) is 0.222. The molecule has 0 aliphatic carbocycles. The summed E-state index contributed by atoms with van der Waals surface area (Å²) in [6.45, 7) is 4.00. The number of nitrogens with zero attached hydrogens (tertiary/aromatic N) is 4. The van der Waals surface area contributed by atoms with Crippen LogP contribution < -0.4 is 0 Å². The van der Waals surface area contributed by atoms with E-state index in [2.05, 4.69) is 26.2 Å². The maximum atomic E-state index is 13.0. The molecule has 5 nitrogen and oxygen atoms in total. The van der Waals surface area contributed by atoms with Crippen LogP contribution in [0.5, 0.6) is 0 Å². The Balaban J connectivity index is 1.91. The van der Waals surface area contributed by atoms with E-state index in [-0.39, 0.29) is 5.82 Å². The molecule has 0 saturated heterocycles. The number of nitriles is 1. The normalized spacial score (nSPS) is 10.6. The Bertz CT molecular complexity index is 928. The fourth-order valence-corrected chi connectivity index (χ4v) is 3.37. The summed E-state index contributed by atoms with van der Waals surface area (Å²) >= 11 is 1.27. The number of rotatable bonds is 5. The lowest BCUT2D eigenvalue weighted by molar-refractivity contribution is 0.628. The molecule has 1 N–H and O–H groups in total. The predicted octanol–water partition coefficient (Wildman–Crippen LogP) is 4.15. The van der Waals surface area contributed by atoms with Gasteiger partial charge < -0.3 is 4.98 Å². The van der Waals surface area contributed by atoms with Crippen molar-refractivity contribution in [1.29, 1.82) is 5.26 Å². The maximum absolute atomic E-state index is 13.0. The minimum absolute atomic E-state index is 0.282. The highest BCUT2D eigenvalue weighted by atomic mass is 32.2. The SMILES string of the molecule is CCc1nnc(Sc2ncc(-c3ccc(F)cc3)[nH]2)c(C#N)c1CC. The van der Waals surface area contributed by atoms with Crippen molar-refractivity contribution in [1.82, 2.24) is 20.2 Å². The average molecular weight is 353 g/mol. The van der Waals surface area contributed by atoms with Crippen LogP contribution in [0.2, 0.25) is 0 Å². The summed E-state index contributed by atoms with van der Waals surface area (Å²) in [7, 11) is 0. The van der Waals surface area contributed by atoms with Gasteiger partial charge >= 0.3 is 0 Å². The molecular formula is C18H16FN5S. The van der Waals surface area contributed by atoms with Gasteiger partial charge in [-0.05, 0) is 60.0 Å². The van der Waals surface area contributed by atoms with Crippen molar-refractivity contribution in [2.24, 2.45) is 0 Å². The van der Waals surface area contributed by atoms with Crippen LogP contribution in [-0.2, 0) is 12.8 Å². The molecule has 3 aromatic rings. The van der Waals surface area contributed by atoms with Gasteiger partial charge in [0.25, 0.3) is 0 Å². The quantitative estimate of drug-likeness (QED) is 0.745. The van der Waals surface area contributed by atoms with Crippen molar-refractivity contribution in [3.63, 3.8) is 0 Å². The topological polar surface area (TPSA) is 78.2 Å². The van der Waals surface area contributed by atoms with E-state index in [1.807, 2.05) is 13.8 Å². The summed E-state index contributed by atoms with van der Waals surface area (Å²) in [4.78, 5) is 7.49. The second-order valence-corrected chi connectivity index (χ2v) is 6.31. The van der Waals surface area contributed by atoms with E-state index in [4.69, 9.17) is 0 Å². The van der Waals surface area contributed by atoms with Gasteiger partial charge in [-0.15, -0.1) is 5.10 Å². The first-order valence-electron chi connectivity index (χ1n) is 7.93. The van der Waals surface area contributed by atoms with Gasteiger partial charge in [-0.3, -0.25) is 0 Å². The van der Waals surface area contributed by atoms with Crippen LogP contribution in [0, 0.1) is 17.1 Å². The number of imidazole rings is 1. The largest absolute Gasteiger partial charge is 0.333 e. The molecule has 25 heavy (non-hydrogen) atoms. The van der Waals surface area contributed by atoms with E-state index >= 15 is 0 Å². The lowest BCUT2D eigenvalue weighted by Gasteiger charge is -2.08. The molecule has 0 saturated carbocycles. The fourth-order valence-electron chi connectivity index (χ4n) is 2.56. The number of aryl methyl sites for hydroxylation is 1. The smallest absolute Gasteiger partial charge is 0.172 e. The molecule has 0 spiro atoms. The van der Waals surface area contributed by atoms with Gasteiger partial charge in [-0.1, -0.05) is 13.8 Å². The van der Waals surface area contributed by atoms with Gasteiger partial charge in [0.2, 0.25) is 0 Å². The van der Waals surface area contributed by atoms with Gasteiger partial charge in [0.1, 0.15) is 16.9 Å². The molecule has 0 fully saturated rings.